The Hall–Kier alpha value is -2.08. The minimum atomic E-state index is -0.172. The lowest BCUT2D eigenvalue weighted by atomic mass is 10.0. The van der Waals surface area contributed by atoms with Crippen molar-refractivity contribution in [1.82, 2.24) is 10.3 Å². The Balaban J connectivity index is 2.02. The third-order valence-corrected chi connectivity index (χ3v) is 4.44. The molecule has 5 nitrogen and oxygen atoms in total. The third-order valence-electron chi connectivity index (χ3n) is 3.59. The highest BCUT2D eigenvalue weighted by Crippen LogP contribution is 2.31. The standard InChI is InChI=1S/C16H20N2O3S/c1-3-10(4-2)16(21)17-8-15-18-12(9-22-15)11-5-6-13(19)14(20)7-11/h5-7,9-10,19-20H,3-4,8H2,1-2H3,(H,17,21). The van der Waals surface area contributed by atoms with E-state index in [1.54, 1.807) is 6.07 Å². The number of hydrogen-bond acceptors (Lipinski definition) is 5. The Morgan fingerprint density at radius 1 is 1.27 bits per heavy atom. The number of phenolic OH excluding ortho intramolecular Hbond substituents is 2. The van der Waals surface area contributed by atoms with E-state index in [1.165, 1.54) is 23.5 Å². The van der Waals surface area contributed by atoms with Gasteiger partial charge in [-0.25, -0.2) is 4.98 Å². The van der Waals surface area contributed by atoms with Gasteiger partial charge in [0, 0.05) is 16.9 Å². The highest BCUT2D eigenvalue weighted by molar-refractivity contribution is 7.09. The molecule has 0 saturated heterocycles. The number of hydrogen-bond donors (Lipinski definition) is 3. The number of aromatic hydroxyl groups is 2. The lowest BCUT2D eigenvalue weighted by molar-refractivity contribution is -0.125. The highest BCUT2D eigenvalue weighted by Gasteiger charge is 2.14. The van der Waals surface area contributed by atoms with Crippen molar-refractivity contribution in [3.05, 3.63) is 28.6 Å². The van der Waals surface area contributed by atoms with Crippen LogP contribution in [0.4, 0.5) is 0 Å². The van der Waals surface area contributed by atoms with E-state index in [0.29, 0.717) is 12.2 Å². The van der Waals surface area contributed by atoms with Gasteiger partial charge in [-0.1, -0.05) is 13.8 Å². The molecule has 22 heavy (non-hydrogen) atoms. The highest BCUT2D eigenvalue weighted by atomic mass is 32.1. The number of phenols is 2. The van der Waals surface area contributed by atoms with Gasteiger partial charge in [-0.3, -0.25) is 4.79 Å². The summed E-state index contributed by atoms with van der Waals surface area (Å²) in [7, 11) is 0. The van der Waals surface area contributed by atoms with Gasteiger partial charge in [0.2, 0.25) is 5.91 Å². The van der Waals surface area contributed by atoms with E-state index >= 15 is 0 Å². The Labute approximate surface area is 133 Å². The summed E-state index contributed by atoms with van der Waals surface area (Å²) >= 11 is 1.45. The van der Waals surface area contributed by atoms with Crippen LogP contribution in [0, 0.1) is 5.92 Å². The number of benzene rings is 1. The van der Waals surface area contributed by atoms with Crippen LogP contribution in [0.15, 0.2) is 23.6 Å². The summed E-state index contributed by atoms with van der Waals surface area (Å²) < 4.78 is 0. The monoisotopic (exact) mass is 320 g/mol. The van der Waals surface area contributed by atoms with Gasteiger partial charge in [0.15, 0.2) is 11.5 Å². The van der Waals surface area contributed by atoms with E-state index in [-0.39, 0.29) is 23.3 Å². The number of rotatable bonds is 6. The van der Waals surface area contributed by atoms with Crippen molar-refractivity contribution in [3.63, 3.8) is 0 Å². The van der Waals surface area contributed by atoms with Gasteiger partial charge in [-0.05, 0) is 31.0 Å². The van der Waals surface area contributed by atoms with Crippen molar-refractivity contribution in [2.75, 3.05) is 0 Å². The summed E-state index contributed by atoms with van der Waals surface area (Å²) in [4.78, 5) is 16.4. The zero-order valence-electron chi connectivity index (χ0n) is 12.7. The van der Waals surface area contributed by atoms with Gasteiger partial charge >= 0.3 is 0 Å². The van der Waals surface area contributed by atoms with Gasteiger partial charge in [0.05, 0.1) is 12.2 Å². The van der Waals surface area contributed by atoms with E-state index < -0.39 is 0 Å². The van der Waals surface area contributed by atoms with Crippen molar-refractivity contribution in [2.24, 2.45) is 5.92 Å². The van der Waals surface area contributed by atoms with Crippen LogP contribution < -0.4 is 5.32 Å². The minimum Gasteiger partial charge on any atom is -0.504 e. The summed E-state index contributed by atoms with van der Waals surface area (Å²) in [6.45, 7) is 4.42. The first kappa shape index (κ1) is 16.3. The van der Waals surface area contributed by atoms with E-state index in [1.807, 2.05) is 19.2 Å². The molecule has 1 heterocycles. The van der Waals surface area contributed by atoms with Crippen LogP contribution in [0.1, 0.15) is 31.7 Å². The SMILES string of the molecule is CCC(CC)C(=O)NCc1nc(-c2ccc(O)c(O)c2)cs1. The molecule has 2 rings (SSSR count). The number of carbonyl (C=O) groups excluding carboxylic acids is 1. The lowest BCUT2D eigenvalue weighted by Crippen LogP contribution is -2.29. The maximum Gasteiger partial charge on any atom is 0.223 e. The Kier molecular flexibility index (Phi) is 5.38. The second-order valence-electron chi connectivity index (χ2n) is 5.06. The molecule has 0 spiro atoms. The average Bonchev–Trinajstić information content (AvgIpc) is 2.98. The fourth-order valence-corrected chi connectivity index (χ4v) is 2.92. The van der Waals surface area contributed by atoms with Gasteiger partial charge in [0.1, 0.15) is 5.01 Å². The molecule has 0 aliphatic heterocycles. The molecule has 0 aliphatic rings. The topological polar surface area (TPSA) is 82.5 Å². The molecule has 0 bridgehead atoms. The van der Waals surface area contributed by atoms with Crippen LogP contribution in [0.25, 0.3) is 11.3 Å². The van der Waals surface area contributed by atoms with Gasteiger partial charge in [-0.2, -0.15) is 0 Å². The number of thiazole rings is 1. The van der Waals surface area contributed by atoms with Crippen molar-refractivity contribution in [2.45, 2.75) is 33.2 Å². The Morgan fingerprint density at radius 3 is 2.64 bits per heavy atom. The second-order valence-corrected chi connectivity index (χ2v) is 6.00. The second kappa shape index (κ2) is 7.26. The predicted octanol–water partition coefficient (Wildman–Crippen LogP) is 3.27. The molecular formula is C16H20N2O3S. The summed E-state index contributed by atoms with van der Waals surface area (Å²) in [6, 6.07) is 4.59. The molecule has 1 aromatic heterocycles. The first-order valence-corrected chi connectivity index (χ1v) is 8.17. The van der Waals surface area contributed by atoms with Crippen LogP contribution in [0.5, 0.6) is 11.5 Å². The van der Waals surface area contributed by atoms with Crippen LogP contribution in [0.3, 0.4) is 0 Å². The normalized spacial score (nSPS) is 10.9. The fourth-order valence-electron chi connectivity index (χ4n) is 2.17. The molecule has 1 aromatic carbocycles. The van der Waals surface area contributed by atoms with Gasteiger partial charge in [-0.15, -0.1) is 11.3 Å². The molecule has 6 heteroatoms. The molecule has 0 radical (unpaired) electrons. The number of aromatic nitrogens is 1. The molecule has 0 saturated carbocycles. The summed E-state index contributed by atoms with van der Waals surface area (Å²) in [5, 5.41) is 24.4. The molecule has 118 valence electrons. The lowest BCUT2D eigenvalue weighted by Gasteiger charge is -2.11. The van der Waals surface area contributed by atoms with E-state index in [2.05, 4.69) is 10.3 Å². The molecule has 0 atom stereocenters. The third kappa shape index (κ3) is 3.76. The Bertz CT molecular complexity index is 651. The number of amides is 1. The number of nitrogens with one attached hydrogen (secondary N) is 1. The molecule has 1 amide bonds. The van der Waals surface area contributed by atoms with Gasteiger partial charge < -0.3 is 15.5 Å². The van der Waals surface area contributed by atoms with Crippen molar-refractivity contribution >= 4 is 17.2 Å². The van der Waals surface area contributed by atoms with Crippen molar-refractivity contribution < 1.29 is 15.0 Å². The summed E-state index contributed by atoms with van der Waals surface area (Å²) in [5.41, 5.74) is 1.44. The number of carbonyl (C=O) groups is 1. The van der Waals surface area contributed by atoms with Crippen LogP contribution >= 0.6 is 11.3 Å². The quantitative estimate of drug-likeness (QED) is 0.713. The maximum absolute atomic E-state index is 11.9. The molecule has 3 N–H and O–H groups in total. The molecular weight excluding hydrogens is 300 g/mol. The first-order chi connectivity index (χ1) is 10.5. The smallest absolute Gasteiger partial charge is 0.223 e. The maximum atomic E-state index is 11.9. The number of nitrogens with zero attached hydrogens (tertiary/aromatic N) is 1. The van der Waals surface area contributed by atoms with E-state index in [9.17, 15) is 15.0 Å². The average molecular weight is 320 g/mol. The Morgan fingerprint density at radius 2 is 2.00 bits per heavy atom. The fraction of sp³-hybridized carbons (Fsp3) is 0.375. The molecule has 0 aliphatic carbocycles. The van der Waals surface area contributed by atoms with Crippen LogP contribution in [0.2, 0.25) is 0 Å². The largest absolute Gasteiger partial charge is 0.504 e. The molecule has 2 aromatic rings. The van der Waals surface area contributed by atoms with Crippen molar-refractivity contribution in [1.29, 1.82) is 0 Å². The summed E-state index contributed by atoms with van der Waals surface area (Å²) in [5.74, 6) is -0.219. The zero-order chi connectivity index (χ0) is 16.1. The van der Waals surface area contributed by atoms with Crippen molar-refractivity contribution in [3.8, 4) is 22.8 Å². The first-order valence-electron chi connectivity index (χ1n) is 7.29. The van der Waals surface area contributed by atoms with Crippen LogP contribution in [-0.2, 0) is 11.3 Å². The predicted molar refractivity (Wildman–Crippen MR) is 86.8 cm³/mol. The van der Waals surface area contributed by atoms with E-state index in [4.69, 9.17) is 0 Å². The minimum absolute atomic E-state index is 0.0495. The van der Waals surface area contributed by atoms with Gasteiger partial charge in [0.25, 0.3) is 0 Å². The molecule has 0 unspecified atom stereocenters. The van der Waals surface area contributed by atoms with Crippen LogP contribution in [-0.4, -0.2) is 21.1 Å². The van der Waals surface area contributed by atoms with E-state index in [0.717, 1.165) is 23.4 Å². The molecule has 0 fully saturated rings. The summed E-state index contributed by atoms with van der Waals surface area (Å²) in [6.07, 6.45) is 1.66. The zero-order valence-corrected chi connectivity index (χ0v) is 13.5.